The third kappa shape index (κ3) is 3.53. The van der Waals surface area contributed by atoms with Crippen LogP contribution in [0.25, 0.3) is 5.70 Å². The molecule has 4 aromatic rings. The second-order valence-corrected chi connectivity index (χ2v) is 8.50. The van der Waals surface area contributed by atoms with Gasteiger partial charge in [0, 0.05) is 11.1 Å². The van der Waals surface area contributed by atoms with Crippen molar-refractivity contribution >= 4 is 11.6 Å². The summed E-state index contributed by atoms with van der Waals surface area (Å²) in [6.45, 7) is 2.59. The van der Waals surface area contributed by atoms with Crippen molar-refractivity contribution in [1.82, 2.24) is 14.8 Å². The third-order valence-electron chi connectivity index (χ3n) is 6.54. The minimum absolute atomic E-state index is 0.288. The largest absolute Gasteiger partial charge is 0.494 e. The molecular formula is C28H26N4O4. The van der Waals surface area contributed by atoms with Crippen LogP contribution in [0.1, 0.15) is 35.8 Å². The first-order valence-corrected chi connectivity index (χ1v) is 11.8. The van der Waals surface area contributed by atoms with Gasteiger partial charge >= 0.3 is 0 Å². The van der Waals surface area contributed by atoms with Gasteiger partial charge in [-0.1, -0.05) is 30.3 Å². The minimum atomic E-state index is -0.367. The van der Waals surface area contributed by atoms with Crippen LogP contribution in [0, 0.1) is 0 Å². The highest BCUT2D eigenvalue weighted by molar-refractivity contribution is 5.85. The Hall–Kier alpha value is -4.46. The number of nitrogens with zero attached hydrogens (tertiary/aromatic N) is 3. The molecule has 2 atom stereocenters. The van der Waals surface area contributed by atoms with E-state index >= 15 is 0 Å². The maximum Gasteiger partial charge on any atom is 0.226 e. The number of ether oxygens (including phenoxy) is 4. The number of anilines is 1. The standard InChI is InChI=1S/C28H26N4O4/c1-4-35-19-12-9-17(10-13-19)27-24-25(20-7-5-6-8-21(20)36-27)31-28-29-16-30-32(28)26(24)18-11-14-22(33-2)23(15-18)34-3/h5-16,26-27H,4H2,1-3H3,(H,29,30,31)/t26-,27+/m1/s1. The van der Waals surface area contributed by atoms with Crippen molar-refractivity contribution < 1.29 is 18.9 Å². The predicted molar refractivity (Wildman–Crippen MR) is 136 cm³/mol. The molecule has 2 aliphatic heterocycles. The van der Waals surface area contributed by atoms with Crippen LogP contribution in [-0.4, -0.2) is 35.6 Å². The lowest BCUT2D eigenvalue weighted by atomic mass is 9.84. The van der Waals surface area contributed by atoms with Crippen molar-refractivity contribution in [3.05, 3.63) is 95.3 Å². The Morgan fingerprint density at radius 2 is 1.72 bits per heavy atom. The lowest BCUT2D eigenvalue weighted by molar-refractivity contribution is 0.222. The lowest BCUT2D eigenvalue weighted by Crippen LogP contribution is -2.32. The van der Waals surface area contributed by atoms with Gasteiger partial charge < -0.3 is 24.3 Å². The molecule has 3 aromatic carbocycles. The highest BCUT2D eigenvalue weighted by Crippen LogP contribution is 2.51. The molecule has 0 saturated carbocycles. The molecule has 36 heavy (non-hydrogen) atoms. The predicted octanol–water partition coefficient (Wildman–Crippen LogP) is 5.25. The molecule has 0 amide bonds. The molecule has 1 aromatic heterocycles. The SMILES string of the molecule is CCOc1ccc([C@@H]2Oc3ccccc3C3=C2[C@@H](c2ccc(OC)c(OC)c2)n2ncnc2N3)cc1. The second kappa shape index (κ2) is 8.96. The van der Waals surface area contributed by atoms with Gasteiger partial charge in [-0.2, -0.15) is 10.1 Å². The summed E-state index contributed by atoms with van der Waals surface area (Å²) in [5.74, 6) is 3.60. The summed E-state index contributed by atoms with van der Waals surface area (Å²) in [4.78, 5) is 4.50. The normalized spacial score (nSPS) is 17.8. The summed E-state index contributed by atoms with van der Waals surface area (Å²) in [5.41, 5.74) is 4.97. The lowest BCUT2D eigenvalue weighted by Gasteiger charge is -2.39. The molecule has 8 nitrogen and oxygen atoms in total. The highest BCUT2D eigenvalue weighted by atomic mass is 16.5. The van der Waals surface area contributed by atoms with E-state index in [0.717, 1.165) is 39.5 Å². The quantitative estimate of drug-likeness (QED) is 0.402. The Labute approximate surface area is 209 Å². The molecule has 0 aliphatic carbocycles. The topological polar surface area (TPSA) is 79.7 Å². The van der Waals surface area contributed by atoms with Crippen molar-refractivity contribution in [2.45, 2.75) is 19.1 Å². The van der Waals surface area contributed by atoms with Gasteiger partial charge in [0.2, 0.25) is 5.95 Å². The van der Waals surface area contributed by atoms with Gasteiger partial charge in [0.25, 0.3) is 0 Å². The summed E-state index contributed by atoms with van der Waals surface area (Å²) >= 11 is 0. The average Bonchev–Trinajstić information content (AvgIpc) is 3.40. The van der Waals surface area contributed by atoms with Crippen molar-refractivity contribution in [1.29, 1.82) is 0 Å². The number of rotatable bonds is 6. The van der Waals surface area contributed by atoms with Gasteiger partial charge in [-0.25, -0.2) is 4.68 Å². The molecule has 2 aliphatic rings. The molecule has 6 rings (SSSR count). The average molecular weight is 483 g/mol. The van der Waals surface area contributed by atoms with Crippen molar-refractivity contribution in [3.63, 3.8) is 0 Å². The maximum absolute atomic E-state index is 6.68. The summed E-state index contributed by atoms with van der Waals surface area (Å²) < 4.78 is 25.4. The zero-order chi connectivity index (χ0) is 24.6. The molecule has 0 fully saturated rings. The number of para-hydroxylation sites is 1. The van der Waals surface area contributed by atoms with Gasteiger partial charge in [0.05, 0.1) is 26.5 Å². The molecule has 0 spiro atoms. The Morgan fingerprint density at radius 1 is 0.944 bits per heavy atom. The number of benzene rings is 3. The van der Waals surface area contributed by atoms with Crippen LogP contribution >= 0.6 is 0 Å². The first-order valence-electron chi connectivity index (χ1n) is 11.8. The van der Waals surface area contributed by atoms with Crippen molar-refractivity contribution in [2.75, 3.05) is 26.1 Å². The van der Waals surface area contributed by atoms with E-state index in [9.17, 15) is 0 Å². The fourth-order valence-corrected chi connectivity index (χ4v) is 4.94. The Morgan fingerprint density at radius 3 is 2.50 bits per heavy atom. The van der Waals surface area contributed by atoms with Gasteiger partial charge in [0.1, 0.15) is 30.0 Å². The molecule has 3 heterocycles. The van der Waals surface area contributed by atoms with Gasteiger partial charge in [-0.3, -0.25) is 0 Å². The maximum atomic E-state index is 6.68. The van der Waals surface area contributed by atoms with E-state index in [2.05, 4.69) is 33.6 Å². The molecule has 1 N–H and O–H groups in total. The Balaban J connectivity index is 1.57. The number of nitrogens with one attached hydrogen (secondary N) is 1. The molecule has 182 valence electrons. The van der Waals surface area contributed by atoms with Crippen molar-refractivity contribution in [3.8, 4) is 23.0 Å². The van der Waals surface area contributed by atoms with E-state index in [4.69, 9.17) is 18.9 Å². The van der Waals surface area contributed by atoms with E-state index in [1.807, 2.05) is 60.1 Å². The molecular weight excluding hydrogens is 456 g/mol. The Kier molecular flexibility index (Phi) is 5.48. The first kappa shape index (κ1) is 22.0. The Bertz CT molecular complexity index is 1440. The molecule has 0 bridgehead atoms. The van der Waals surface area contributed by atoms with Crippen LogP contribution in [0.5, 0.6) is 23.0 Å². The number of aromatic nitrogens is 3. The van der Waals surface area contributed by atoms with Crippen LogP contribution < -0.4 is 24.3 Å². The molecule has 8 heteroatoms. The number of hydrogen-bond donors (Lipinski definition) is 1. The number of fused-ring (bicyclic) bond motifs is 3. The monoisotopic (exact) mass is 482 g/mol. The zero-order valence-corrected chi connectivity index (χ0v) is 20.3. The summed E-state index contributed by atoms with van der Waals surface area (Å²) in [6, 6.07) is 21.7. The summed E-state index contributed by atoms with van der Waals surface area (Å²) in [7, 11) is 3.27. The summed E-state index contributed by atoms with van der Waals surface area (Å²) in [5, 5.41) is 8.11. The van der Waals surface area contributed by atoms with Crippen LogP contribution in [0.3, 0.4) is 0 Å². The minimum Gasteiger partial charge on any atom is -0.494 e. The smallest absolute Gasteiger partial charge is 0.226 e. The molecule has 0 saturated heterocycles. The fourth-order valence-electron chi connectivity index (χ4n) is 4.94. The van der Waals surface area contributed by atoms with Gasteiger partial charge in [-0.15, -0.1) is 0 Å². The summed E-state index contributed by atoms with van der Waals surface area (Å²) in [6.07, 6.45) is 1.20. The van der Waals surface area contributed by atoms with E-state index < -0.39 is 0 Å². The van der Waals surface area contributed by atoms with E-state index in [1.165, 1.54) is 0 Å². The second-order valence-electron chi connectivity index (χ2n) is 8.50. The van der Waals surface area contributed by atoms with Crippen LogP contribution in [0.2, 0.25) is 0 Å². The number of methoxy groups -OCH3 is 2. The zero-order valence-electron chi connectivity index (χ0n) is 20.3. The van der Waals surface area contributed by atoms with E-state index in [0.29, 0.717) is 24.1 Å². The van der Waals surface area contributed by atoms with Crippen LogP contribution in [0.4, 0.5) is 5.95 Å². The third-order valence-corrected chi connectivity index (χ3v) is 6.54. The number of hydrogen-bond acceptors (Lipinski definition) is 7. The highest BCUT2D eigenvalue weighted by Gasteiger charge is 2.41. The van der Waals surface area contributed by atoms with Gasteiger partial charge in [0.15, 0.2) is 11.5 Å². The van der Waals surface area contributed by atoms with Gasteiger partial charge in [-0.05, 0) is 54.4 Å². The molecule has 0 unspecified atom stereocenters. The van der Waals surface area contributed by atoms with Crippen molar-refractivity contribution in [2.24, 2.45) is 0 Å². The van der Waals surface area contributed by atoms with E-state index in [1.54, 1.807) is 20.5 Å². The fraction of sp³-hybridized carbons (Fsp3) is 0.214. The first-order chi connectivity index (χ1) is 17.7. The van der Waals surface area contributed by atoms with E-state index in [-0.39, 0.29) is 12.1 Å². The van der Waals surface area contributed by atoms with Crippen LogP contribution in [0.15, 0.2) is 78.6 Å². The van der Waals surface area contributed by atoms with Crippen LogP contribution in [-0.2, 0) is 0 Å². The molecule has 0 radical (unpaired) electrons.